The fourth-order valence-corrected chi connectivity index (χ4v) is 4.02. The first-order valence-corrected chi connectivity index (χ1v) is 10.5. The van der Waals surface area contributed by atoms with Gasteiger partial charge < -0.3 is 19.2 Å². The molecule has 0 bridgehead atoms. The topological polar surface area (TPSA) is 59.5 Å². The van der Waals surface area contributed by atoms with Crippen molar-refractivity contribution in [2.75, 3.05) is 31.1 Å². The highest BCUT2D eigenvalue weighted by molar-refractivity contribution is 5.90. The standard InChI is InChI=1S/C24H30N2O3/c1-5-25(6-2)17-9-11-20-19(13-14-24(27)28)21-12-10-18(26(7-3)8-4)16-23(21)29-22(20)15-17/h9-12,15-16H,5-8,13-14H2,1-4H3. The van der Waals surface area contributed by atoms with Crippen LogP contribution in [0.5, 0.6) is 0 Å². The number of aliphatic carboxylic acids is 1. The van der Waals surface area contributed by atoms with Crippen molar-refractivity contribution in [3.63, 3.8) is 0 Å². The summed E-state index contributed by atoms with van der Waals surface area (Å²) in [5.41, 5.74) is 3.86. The summed E-state index contributed by atoms with van der Waals surface area (Å²) in [5, 5.41) is 13.2. The summed E-state index contributed by atoms with van der Waals surface area (Å²) in [4.78, 5) is 13.4. The average molecular weight is 395 g/mol. The number of carboxylic acid groups (broad SMARTS) is 1. The maximum atomic E-state index is 11.1. The van der Waals surface area contributed by atoms with E-state index in [1.165, 1.54) is 0 Å². The van der Waals surface area contributed by atoms with Gasteiger partial charge in [0.2, 0.25) is 5.36 Å². The van der Waals surface area contributed by atoms with Gasteiger partial charge in [0, 0.05) is 47.8 Å². The lowest BCUT2D eigenvalue weighted by molar-refractivity contribution is -0.305. The summed E-state index contributed by atoms with van der Waals surface area (Å²) < 4.78 is 8.61. The van der Waals surface area contributed by atoms with Crippen molar-refractivity contribution in [1.82, 2.24) is 4.58 Å². The predicted octanol–water partition coefficient (Wildman–Crippen LogP) is 2.88. The van der Waals surface area contributed by atoms with Gasteiger partial charge >= 0.3 is 0 Å². The summed E-state index contributed by atoms with van der Waals surface area (Å²) in [6, 6.07) is 12.4. The van der Waals surface area contributed by atoms with Crippen molar-refractivity contribution in [3.05, 3.63) is 47.3 Å². The maximum Gasteiger partial charge on any atom is 0.203 e. The van der Waals surface area contributed by atoms with Gasteiger partial charge in [-0.15, -0.1) is 0 Å². The molecule has 3 rings (SSSR count). The maximum absolute atomic E-state index is 11.1. The monoisotopic (exact) mass is 394 g/mol. The third kappa shape index (κ3) is 4.29. The summed E-state index contributed by atoms with van der Waals surface area (Å²) >= 11 is 0. The molecule has 1 aliphatic carbocycles. The van der Waals surface area contributed by atoms with Gasteiger partial charge in [0.25, 0.3) is 0 Å². The van der Waals surface area contributed by atoms with E-state index in [2.05, 4.69) is 73.6 Å². The molecule has 0 saturated heterocycles. The number of nitrogens with zero attached hydrogens (tertiary/aromatic N) is 2. The van der Waals surface area contributed by atoms with Gasteiger partial charge in [-0.05, 0) is 64.3 Å². The van der Waals surface area contributed by atoms with Gasteiger partial charge in [-0.3, -0.25) is 0 Å². The van der Waals surface area contributed by atoms with Crippen molar-refractivity contribution in [1.29, 1.82) is 0 Å². The van der Waals surface area contributed by atoms with Crippen LogP contribution in [0.2, 0.25) is 0 Å². The van der Waals surface area contributed by atoms with Gasteiger partial charge in [0.05, 0.1) is 6.07 Å². The Bertz CT molecular complexity index is 1040. The molecule has 0 spiro atoms. The first-order chi connectivity index (χ1) is 14.0. The Hall–Kier alpha value is -2.82. The lowest BCUT2D eigenvalue weighted by atomic mass is 9.95. The molecule has 29 heavy (non-hydrogen) atoms. The molecule has 0 aromatic heterocycles. The molecular weight excluding hydrogens is 364 g/mol. The molecule has 0 unspecified atom stereocenters. The Labute approximate surface area is 172 Å². The fraction of sp³-hybridized carbons (Fsp3) is 0.417. The number of hydrogen-bond donors (Lipinski definition) is 0. The molecule has 1 heterocycles. The Morgan fingerprint density at radius 3 is 2.38 bits per heavy atom. The van der Waals surface area contributed by atoms with Crippen LogP contribution >= 0.6 is 0 Å². The van der Waals surface area contributed by atoms with Crippen LogP contribution in [-0.2, 0) is 11.2 Å². The number of aryl methyl sites for hydroxylation is 1. The van der Waals surface area contributed by atoms with Crippen LogP contribution < -0.4 is 19.9 Å². The minimum Gasteiger partial charge on any atom is -0.550 e. The van der Waals surface area contributed by atoms with Gasteiger partial charge in [-0.2, -0.15) is 0 Å². The minimum atomic E-state index is -1.04. The number of carboxylic acids is 1. The zero-order valence-electron chi connectivity index (χ0n) is 17.8. The van der Waals surface area contributed by atoms with E-state index in [0.29, 0.717) is 6.42 Å². The lowest BCUT2D eigenvalue weighted by Gasteiger charge is -2.22. The number of carbonyl (C=O) groups is 1. The van der Waals surface area contributed by atoms with E-state index < -0.39 is 5.97 Å². The summed E-state index contributed by atoms with van der Waals surface area (Å²) in [6.07, 6.45) is 0.407. The van der Waals surface area contributed by atoms with E-state index in [-0.39, 0.29) is 6.42 Å². The van der Waals surface area contributed by atoms with E-state index in [1.54, 1.807) is 0 Å². The van der Waals surface area contributed by atoms with Crippen LogP contribution in [0.3, 0.4) is 0 Å². The molecule has 1 aliphatic heterocycles. The van der Waals surface area contributed by atoms with E-state index in [4.69, 9.17) is 4.42 Å². The Kier molecular flexibility index (Phi) is 6.57. The van der Waals surface area contributed by atoms with E-state index in [1.807, 2.05) is 0 Å². The number of rotatable bonds is 8. The number of fused-ring (bicyclic) bond motifs is 2. The molecule has 0 amide bonds. The van der Waals surface area contributed by atoms with Crippen molar-refractivity contribution in [2.45, 2.75) is 40.5 Å². The molecule has 5 heteroatoms. The number of hydrogen-bond acceptors (Lipinski definition) is 4. The molecule has 0 saturated carbocycles. The van der Waals surface area contributed by atoms with E-state index in [0.717, 1.165) is 65.1 Å². The second kappa shape index (κ2) is 9.12. The van der Waals surface area contributed by atoms with Gasteiger partial charge in [0.15, 0.2) is 0 Å². The Morgan fingerprint density at radius 1 is 1.03 bits per heavy atom. The van der Waals surface area contributed by atoms with Crippen molar-refractivity contribution in [2.24, 2.45) is 0 Å². The Morgan fingerprint density at radius 2 is 1.76 bits per heavy atom. The van der Waals surface area contributed by atoms with Crippen molar-refractivity contribution >= 4 is 22.6 Å². The van der Waals surface area contributed by atoms with Crippen molar-refractivity contribution < 1.29 is 14.3 Å². The first kappa shape index (κ1) is 20.9. The first-order valence-electron chi connectivity index (χ1n) is 10.5. The third-order valence-corrected chi connectivity index (χ3v) is 5.64. The molecule has 0 atom stereocenters. The normalized spacial score (nSPS) is 11.2. The second-order valence-corrected chi connectivity index (χ2v) is 7.16. The number of benzene rings is 2. The van der Waals surface area contributed by atoms with Crippen LogP contribution in [0, 0.1) is 0 Å². The second-order valence-electron chi connectivity index (χ2n) is 7.16. The minimum absolute atomic E-state index is 0.0101. The van der Waals surface area contributed by atoms with Gasteiger partial charge in [-0.25, -0.2) is 4.58 Å². The van der Waals surface area contributed by atoms with Crippen molar-refractivity contribution in [3.8, 4) is 11.3 Å². The molecule has 1 aromatic rings. The van der Waals surface area contributed by atoms with Crippen LogP contribution in [0.25, 0.3) is 22.3 Å². The molecule has 0 fully saturated rings. The van der Waals surface area contributed by atoms with E-state index in [9.17, 15) is 9.90 Å². The summed E-state index contributed by atoms with van der Waals surface area (Å²) in [5.74, 6) is -0.251. The quantitative estimate of drug-likeness (QED) is 0.435. The van der Waals surface area contributed by atoms with E-state index >= 15 is 0 Å². The largest absolute Gasteiger partial charge is 0.550 e. The third-order valence-electron chi connectivity index (χ3n) is 5.64. The van der Waals surface area contributed by atoms with Crippen LogP contribution in [0.4, 0.5) is 5.69 Å². The molecule has 2 aliphatic rings. The zero-order chi connectivity index (χ0) is 21.0. The molecule has 0 radical (unpaired) electrons. The predicted molar refractivity (Wildman–Crippen MR) is 116 cm³/mol. The summed E-state index contributed by atoms with van der Waals surface area (Å²) in [7, 11) is 0. The SMILES string of the molecule is CCN(CC)c1ccc2c(CCC(=O)[O-])c3ccc(=[N+](CC)CC)cc-3oc2c1. The fourth-order valence-electron chi connectivity index (χ4n) is 4.02. The lowest BCUT2D eigenvalue weighted by Crippen LogP contribution is -2.29. The molecule has 1 aromatic carbocycles. The highest BCUT2D eigenvalue weighted by Crippen LogP contribution is 2.35. The molecule has 5 nitrogen and oxygen atoms in total. The molecule has 154 valence electrons. The van der Waals surface area contributed by atoms with Crippen LogP contribution in [0.15, 0.2) is 40.8 Å². The zero-order valence-corrected chi connectivity index (χ0v) is 17.8. The Balaban J connectivity index is 2.29. The van der Waals surface area contributed by atoms with Gasteiger partial charge in [-0.1, -0.05) is 0 Å². The van der Waals surface area contributed by atoms with Crippen LogP contribution in [0.1, 0.15) is 39.7 Å². The highest BCUT2D eigenvalue weighted by Gasteiger charge is 2.17. The van der Waals surface area contributed by atoms with Gasteiger partial charge in [0.1, 0.15) is 24.4 Å². The number of anilines is 1. The molecular formula is C24H30N2O3. The summed E-state index contributed by atoms with van der Waals surface area (Å²) in [6.45, 7) is 12.2. The van der Waals surface area contributed by atoms with Crippen LogP contribution in [-0.4, -0.2) is 32.1 Å². The average Bonchev–Trinajstić information content (AvgIpc) is 2.72. The smallest absolute Gasteiger partial charge is 0.203 e. The highest BCUT2D eigenvalue weighted by atomic mass is 16.4. The number of carbonyl (C=O) groups excluding carboxylic acids is 1. The molecule has 0 N–H and O–H groups in total.